The van der Waals surface area contributed by atoms with E-state index in [-0.39, 0.29) is 32.6 Å². The lowest BCUT2D eigenvalue weighted by molar-refractivity contribution is -0.126. The Hall–Kier alpha value is -0.696. The molecule has 4 nitrogen and oxygen atoms in total. The lowest BCUT2D eigenvalue weighted by atomic mass is 9.49. The van der Waals surface area contributed by atoms with Crippen molar-refractivity contribution < 1.29 is 18.8 Å². The van der Waals surface area contributed by atoms with E-state index in [1.54, 1.807) is 0 Å². The molecule has 0 heterocycles. The number of carbonyl (C=O) groups excluding carboxylic acids is 1. The molecule has 6 atom stereocenters. The molecular weight excluding hydrogens is 517 g/mol. The van der Waals surface area contributed by atoms with Gasteiger partial charge in [0.1, 0.15) is 0 Å². The van der Waals surface area contributed by atoms with Gasteiger partial charge in [-0.15, -0.1) is 0 Å². The first kappa shape index (κ1) is 32.8. The third kappa shape index (κ3) is 6.10. The summed E-state index contributed by atoms with van der Waals surface area (Å²) in [5.74, 6) is 1.58. The van der Waals surface area contributed by atoms with Crippen LogP contribution in [0, 0.1) is 34.5 Å². The molecule has 3 fully saturated rings. The molecule has 3 aliphatic rings. The quantitative estimate of drug-likeness (QED) is 0.142. The van der Waals surface area contributed by atoms with Crippen LogP contribution < -0.4 is 0 Å². The molecule has 0 aliphatic heterocycles. The van der Waals surface area contributed by atoms with Gasteiger partial charge in [0.05, 0.1) is 6.26 Å². The highest BCUT2D eigenvalue weighted by atomic mass is 28.4. The minimum atomic E-state index is -1.97. The molecule has 0 spiro atoms. The highest BCUT2D eigenvalue weighted by molar-refractivity contribution is 6.74. The fraction of sp³-hybridized carbons (Fsp3) is 0.848. The van der Waals surface area contributed by atoms with Gasteiger partial charge in [-0.3, -0.25) is 4.79 Å². The van der Waals surface area contributed by atoms with Crippen molar-refractivity contribution in [2.24, 2.45) is 34.5 Å². The maximum Gasteiger partial charge on any atom is 0.191 e. The molecule has 3 rings (SSSR count). The molecule has 6 heteroatoms. The molecule has 3 saturated carbocycles. The van der Waals surface area contributed by atoms with E-state index in [1.807, 2.05) is 0 Å². The van der Waals surface area contributed by atoms with Gasteiger partial charge in [-0.25, -0.2) is 0 Å². The van der Waals surface area contributed by atoms with Crippen molar-refractivity contribution in [3.05, 3.63) is 24.0 Å². The van der Waals surface area contributed by atoms with Gasteiger partial charge in [0.2, 0.25) is 0 Å². The van der Waals surface area contributed by atoms with E-state index in [4.69, 9.17) is 8.85 Å². The van der Waals surface area contributed by atoms with Gasteiger partial charge in [-0.05, 0) is 103 Å². The summed E-state index contributed by atoms with van der Waals surface area (Å²) < 4.78 is 13.8. The minimum Gasteiger partial charge on any atom is -0.515 e. The van der Waals surface area contributed by atoms with Crippen molar-refractivity contribution in [1.82, 2.24) is 0 Å². The van der Waals surface area contributed by atoms with E-state index < -0.39 is 16.6 Å². The SMILES string of the molecule is C=C1CC[C@H]2[C@H](CO[Si](C)(C)C(C)(C)C)[C@@H]([C@@]3(C)C/C(=C\O)C(=O)C[C@@H]3CO[Si](C)(C)C(C)(C)C)CC[C@]12C. The van der Waals surface area contributed by atoms with Crippen molar-refractivity contribution in [1.29, 1.82) is 0 Å². The first-order valence-corrected chi connectivity index (χ1v) is 21.2. The fourth-order valence-electron chi connectivity index (χ4n) is 7.33. The van der Waals surface area contributed by atoms with Crippen molar-refractivity contribution in [2.75, 3.05) is 13.2 Å². The lowest BCUT2D eigenvalue weighted by Crippen LogP contribution is -2.54. The maximum absolute atomic E-state index is 13.2. The van der Waals surface area contributed by atoms with Crippen LogP contribution in [-0.4, -0.2) is 40.7 Å². The summed E-state index contributed by atoms with van der Waals surface area (Å²) >= 11 is 0. The molecule has 0 unspecified atom stereocenters. The largest absolute Gasteiger partial charge is 0.515 e. The Morgan fingerprint density at radius 2 is 1.49 bits per heavy atom. The van der Waals surface area contributed by atoms with Crippen LogP contribution in [0.25, 0.3) is 0 Å². The van der Waals surface area contributed by atoms with Crippen LogP contribution in [-0.2, 0) is 13.6 Å². The van der Waals surface area contributed by atoms with E-state index in [0.29, 0.717) is 42.8 Å². The molecule has 0 saturated heterocycles. The second-order valence-electron chi connectivity index (χ2n) is 16.8. The molecule has 0 amide bonds. The lowest BCUT2D eigenvalue weighted by Gasteiger charge is -2.57. The molecule has 0 aromatic heterocycles. The summed E-state index contributed by atoms with van der Waals surface area (Å²) in [4.78, 5) is 13.2. The first-order valence-electron chi connectivity index (χ1n) is 15.4. The smallest absolute Gasteiger partial charge is 0.191 e. The number of carbonyl (C=O) groups is 1. The Bertz CT molecular complexity index is 969. The second kappa shape index (κ2) is 10.9. The monoisotopic (exact) mass is 576 g/mol. The van der Waals surface area contributed by atoms with Crippen molar-refractivity contribution in [3.63, 3.8) is 0 Å². The number of fused-ring (bicyclic) bond motifs is 1. The zero-order valence-electron chi connectivity index (χ0n) is 27.4. The van der Waals surface area contributed by atoms with E-state index in [2.05, 4.69) is 88.2 Å². The minimum absolute atomic E-state index is 0.0859. The highest BCUT2D eigenvalue weighted by Crippen LogP contribution is 2.64. The van der Waals surface area contributed by atoms with Gasteiger partial charge in [-0.1, -0.05) is 67.5 Å². The van der Waals surface area contributed by atoms with Gasteiger partial charge in [0, 0.05) is 25.2 Å². The Balaban J connectivity index is 2.02. The number of hydrogen-bond acceptors (Lipinski definition) is 4. The van der Waals surface area contributed by atoms with Gasteiger partial charge >= 0.3 is 0 Å². The van der Waals surface area contributed by atoms with Crippen LogP contribution >= 0.6 is 0 Å². The molecule has 0 aromatic carbocycles. The fourth-order valence-corrected chi connectivity index (χ4v) is 9.43. The van der Waals surface area contributed by atoms with Crippen LogP contribution in [0.4, 0.5) is 0 Å². The average Bonchev–Trinajstić information content (AvgIpc) is 3.10. The summed E-state index contributed by atoms with van der Waals surface area (Å²) in [5.41, 5.74) is 2.04. The Kier molecular flexibility index (Phi) is 9.13. The highest BCUT2D eigenvalue weighted by Gasteiger charge is 2.58. The molecule has 1 N–H and O–H groups in total. The predicted octanol–water partition coefficient (Wildman–Crippen LogP) is 9.46. The van der Waals surface area contributed by atoms with Crippen LogP contribution in [0.2, 0.25) is 36.3 Å². The number of rotatable bonds is 7. The first-order chi connectivity index (χ1) is 17.6. The molecule has 0 bridgehead atoms. The number of Topliss-reactive ketones (excluding diaryl/α,β-unsaturated/α-hetero) is 1. The summed E-state index contributed by atoms with van der Waals surface area (Å²) in [6, 6.07) is 0. The number of ketones is 1. The van der Waals surface area contributed by atoms with Crippen LogP contribution in [0.1, 0.15) is 93.9 Å². The zero-order chi connectivity index (χ0) is 29.8. The average molecular weight is 577 g/mol. The normalized spacial score (nSPS) is 35.9. The van der Waals surface area contributed by atoms with E-state index in [9.17, 15) is 9.90 Å². The summed E-state index contributed by atoms with van der Waals surface area (Å²) in [7, 11) is -3.91. The van der Waals surface area contributed by atoms with Gasteiger partial charge in [0.15, 0.2) is 22.4 Å². The summed E-state index contributed by atoms with van der Waals surface area (Å²) in [6.07, 6.45) is 6.72. The van der Waals surface area contributed by atoms with E-state index in [1.165, 1.54) is 12.0 Å². The number of hydrogen-bond donors (Lipinski definition) is 1. The topological polar surface area (TPSA) is 55.8 Å². The number of aliphatic hydroxyl groups is 1. The predicted molar refractivity (Wildman–Crippen MR) is 169 cm³/mol. The standard InChI is InChI=1S/C33H60O4Si2/c1-23-14-15-27-26(22-37-39(12,13)31(5,6)7)28(16-17-32(23,27)8)33(9)19-24(20-34)29(35)18-25(33)21-36-38(10,11)30(2,3)4/h20,25-28,34H,1,14-19,21-22H2,2-13H3/b24-20+/t25-,26+,27+,28+,32-,33+/m1/s1. The van der Waals surface area contributed by atoms with Gasteiger partial charge in [0.25, 0.3) is 0 Å². The third-order valence-electron chi connectivity index (χ3n) is 12.6. The van der Waals surface area contributed by atoms with Crippen molar-refractivity contribution in [2.45, 2.75) is 130 Å². The van der Waals surface area contributed by atoms with Crippen molar-refractivity contribution in [3.8, 4) is 0 Å². The third-order valence-corrected chi connectivity index (χ3v) is 21.6. The molecule has 0 aromatic rings. The van der Waals surface area contributed by atoms with Crippen LogP contribution in [0.3, 0.4) is 0 Å². The van der Waals surface area contributed by atoms with Crippen LogP contribution in [0.15, 0.2) is 24.0 Å². The molecular formula is C33H60O4Si2. The van der Waals surface area contributed by atoms with Gasteiger partial charge < -0.3 is 14.0 Å². The molecule has 39 heavy (non-hydrogen) atoms. The number of aliphatic hydroxyl groups excluding tert-OH is 1. The molecule has 3 aliphatic carbocycles. The van der Waals surface area contributed by atoms with Crippen molar-refractivity contribution >= 4 is 22.4 Å². The maximum atomic E-state index is 13.2. The summed E-state index contributed by atoms with van der Waals surface area (Å²) in [5, 5.41) is 10.4. The Labute approximate surface area is 242 Å². The molecule has 224 valence electrons. The zero-order valence-corrected chi connectivity index (χ0v) is 29.4. The van der Waals surface area contributed by atoms with Crippen LogP contribution in [0.5, 0.6) is 0 Å². The van der Waals surface area contributed by atoms with E-state index in [0.717, 1.165) is 32.1 Å². The second-order valence-corrected chi connectivity index (χ2v) is 26.4. The van der Waals surface area contributed by atoms with Gasteiger partial charge in [-0.2, -0.15) is 0 Å². The van der Waals surface area contributed by atoms with E-state index >= 15 is 0 Å². The Morgan fingerprint density at radius 3 is 2.00 bits per heavy atom. The number of allylic oxidation sites excluding steroid dienone is 2. The Morgan fingerprint density at radius 1 is 0.949 bits per heavy atom. The molecule has 0 radical (unpaired) electrons. The summed E-state index contributed by atoms with van der Waals surface area (Å²) in [6.45, 7) is 33.9.